The summed E-state index contributed by atoms with van der Waals surface area (Å²) < 4.78 is 0. The maximum atomic E-state index is 6.59. The molecule has 0 aliphatic heterocycles. The van der Waals surface area contributed by atoms with Gasteiger partial charge in [0.15, 0.2) is 0 Å². The van der Waals surface area contributed by atoms with E-state index in [1.54, 1.807) is 0 Å². The maximum absolute atomic E-state index is 6.59. The molecule has 1 aromatic carbocycles. The number of benzene rings is 1. The zero-order valence-corrected chi connectivity index (χ0v) is 15.0. The van der Waals surface area contributed by atoms with Crippen molar-refractivity contribution in [1.82, 2.24) is 0 Å². The lowest BCUT2D eigenvalue weighted by molar-refractivity contribution is 0.572. The lowest BCUT2D eigenvalue weighted by atomic mass is 9.97. The molecule has 1 rings (SSSR count). The van der Waals surface area contributed by atoms with Crippen LogP contribution < -0.4 is 0 Å². The molecule has 0 heterocycles. The van der Waals surface area contributed by atoms with Gasteiger partial charge in [-0.05, 0) is 36.0 Å². The number of hydrogen-bond donors (Lipinski definition) is 0. The van der Waals surface area contributed by atoms with E-state index in [1.807, 2.05) is 0 Å². The Morgan fingerprint density at radius 1 is 0.810 bits per heavy atom. The van der Waals surface area contributed by atoms with Gasteiger partial charge in [-0.25, -0.2) is 0 Å². The highest BCUT2D eigenvalue weighted by molar-refractivity contribution is 6.20. The van der Waals surface area contributed by atoms with Gasteiger partial charge in [0.25, 0.3) is 0 Å². The van der Waals surface area contributed by atoms with Crippen LogP contribution in [0.1, 0.15) is 94.2 Å². The third-order valence-corrected chi connectivity index (χ3v) is 4.89. The van der Waals surface area contributed by atoms with Crippen molar-refractivity contribution >= 4 is 11.6 Å². The summed E-state index contributed by atoms with van der Waals surface area (Å²) in [7, 11) is 0. The highest BCUT2D eigenvalue weighted by atomic mass is 35.5. The molecular weight excluding hydrogens is 276 g/mol. The molecule has 0 aliphatic carbocycles. The van der Waals surface area contributed by atoms with E-state index >= 15 is 0 Å². The Kier molecular flexibility index (Phi) is 9.83. The summed E-state index contributed by atoms with van der Waals surface area (Å²) in [5.41, 5.74) is 4.26. The van der Waals surface area contributed by atoms with Gasteiger partial charge in [0, 0.05) is 0 Å². The lowest BCUT2D eigenvalue weighted by Gasteiger charge is -2.13. The van der Waals surface area contributed by atoms with Crippen LogP contribution in [-0.4, -0.2) is 0 Å². The van der Waals surface area contributed by atoms with Crippen molar-refractivity contribution in [2.24, 2.45) is 0 Å². The zero-order valence-electron chi connectivity index (χ0n) is 14.3. The third kappa shape index (κ3) is 6.87. The van der Waals surface area contributed by atoms with Crippen LogP contribution in [0.3, 0.4) is 0 Å². The molecule has 1 unspecified atom stereocenters. The average Bonchev–Trinajstić information content (AvgIpc) is 2.53. The molecule has 0 bridgehead atoms. The standard InChI is InChI=1S/C20H33Cl/c1-4-7-8-9-10-11-12-13-20(21)19-15-14-17(5-2)18(6-3)16-19/h14-16,20H,4-13H2,1-3H3. The number of halogens is 1. The van der Waals surface area contributed by atoms with Crippen LogP contribution in [0, 0.1) is 0 Å². The Labute approximate surface area is 137 Å². The van der Waals surface area contributed by atoms with Gasteiger partial charge in [0.1, 0.15) is 0 Å². The fraction of sp³-hybridized carbons (Fsp3) is 0.700. The van der Waals surface area contributed by atoms with E-state index in [0.29, 0.717) is 0 Å². The lowest BCUT2D eigenvalue weighted by Crippen LogP contribution is -1.97. The second kappa shape index (κ2) is 11.1. The summed E-state index contributed by atoms with van der Waals surface area (Å²) in [5.74, 6) is 0. The summed E-state index contributed by atoms with van der Waals surface area (Å²) in [6.45, 7) is 6.73. The predicted molar refractivity (Wildman–Crippen MR) is 96.4 cm³/mol. The van der Waals surface area contributed by atoms with Gasteiger partial charge in [0.2, 0.25) is 0 Å². The number of rotatable bonds is 11. The molecule has 1 heteroatoms. The van der Waals surface area contributed by atoms with Crippen LogP contribution in [0.2, 0.25) is 0 Å². The molecule has 0 radical (unpaired) electrons. The fourth-order valence-electron chi connectivity index (χ4n) is 2.96. The van der Waals surface area contributed by atoms with Crippen LogP contribution >= 0.6 is 11.6 Å². The Bertz CT molecular complexity index is 383. The van der Waals surface area contributed by atoms with Gasteiger partial charge in [-0.2, -0.15) is 0 Å². The van der Waals surface area contributed by atoms with Crippen molar-refractivity contribution in [2.75, 3.05) is 0 Å². The van der Waals surface area contributed by atoms with Gasteiger partial charge >= 0.3 is 0 Å². The minimum Gasteiger partial charge on any atom is -0.118 e. The van der Waals surface area contributed by atoms with Gasteiger partial charge in [-0.15, -0.1) is 11.6 Å². The quantitative estimate of drug-likeness (QED) is 0.299. The number of hydrogen-bond acceptors (Lipinski definition) is 0. The molecule has 0 fully saturated rings. The van der Waals surface area contributed by atoms with Crippen LogP contribution in [0.5, 0.6) is 0 Å². The first-order chi connectivity index (χ1) is 10.2. The molecule has 0 saturated heterocycles. The van der Waals surface area contributed by atoms with Gasteiger partial charge in [-0.3, -0.25) is 0 Å². The van der Waals surface area contributed by atoms with Crippen molar-refractivity contribution in [3.63, 3.8) is 0 Å². The Hall–Kier alpha value is -0.490. The van der Waals surface area contributed by atoms with Gasteiger partial charge in [-0.1, -0.05) is 83.9 Å². The molecule has 1 aromatic rings. The monoisotopic (exact) mass is 308 g/mol. The van der Waals surface area contributed by atoms with Crippen LogP contribution in [0.4, 0.5) is 0 Å². The summed E-state index contributed by atoms with van der Waals surface area (Å²) >= 11 is 6.59. The van der Waals surface area contributed by atoms with Crippen LogP contribution in [0.25, 0.3) is 0 Å². The summed E-state index contributed by atoms with van der Waals surface area (Å²) in [4.78, 5) is 0. The highest BCUT2D eigenvalue weighted by Crippen LogP contribution is 2.28. The number of unbranched alkanes of at least 4 members (excludes halogenated alkanes) is 6. The largest absolute Gasteiger partial charge is 0.118 e. The van der Waals surface area contributed by atoms with E-state index in [1.165, 1.54) is 61.6 Å². The van der Waals surface area contributed by atoms with E-state index in [4.69, 9.17) is 11.6 Å². The normalized spacial score (nSPS) is 12.6. The van der Waals surface area contributed by atoms with Gasteiger partial charge in [0.05, 0.1) is 5.38 Å². The Morgan fingerprint density at radius 3 is 2.05 bits per heavy atom. The SMILES string of the molecule is CCCCCCCCCC(Cl)c1ccc(CC)c(CC)c1. The minimum atomic E-state index is 0.192. The van der Waals surface area contributed by atoms with E-state index in [2.05, 4.69) is 39.0 Å². The van der Waals surface area contributed by atoms with Crippen molar-refractivity contribution in [3.8, 4) is 0 Å². The van der Waals surface area contributed by atoms with E-state index in [-0.39, 0.29) is 5.38 Å². The van der Waals surface area contributed by atoms with Crippen molar-refractivity contribution in [2.45, 2.75) is 90.4 Å². The van der Waals surface area contributed by atoms with E-state index in [9.17, 15) is 0 Å². The van der Waals surface area contributed by atoms with Crippen molar-refractivity contribution in [1.29, 1.82) is 0 Å². The van der Waals surface area contributed by atoms with E-state index in [0.717, 1.165) is 19.3 Å². The molecule has 0 N–H and O–H groups in total. The van der Waals surface area contributed by atoms with E-state index < -0.39 is 0 Å². The molecule has 0 nitrogen and oxygen atoms in total. The second-order valence-electron chi connectivity index (χ2n) is 6.11. The van der Waals surface area contributed by atoms with Crippen molar-refractivity contribution < 1.29 is 0 Å². The molecule has 0 aliphatic rings. The third-order valence-electron chi connectivity index (χ3n) is 4.41. The molecule has 120 valence electrons. The highest BCUT2D eigenvalue weighted by Gasteiger charge is 2.09. The first kappa shape index (κ1) is 18.6. The summed E-state index contributed by atoms with van der Waals surface area (Å²) in [6.07, 6.45) is 12.8. The first-order valence-electron chi connectivity index (χ1n) is 8.98. The number of alkyl halides is 1. The first-order valence-corrected chi connectivity index (χ1v) is 9.42. The molecular formula is C20H33Cl. The smallest absolute Gasteiger partial charge is 0.0585 e. The molecule has 21 heavy (non-hydrogen) atoms. The zero-order chi connectivity index (χ0) is 15.5. The van der Waals surface area contributed by atoms with Crippen LogP contribution in [-0.2, 0) is 12.8 Å². The number of aryl methyl sites for hydroxylation is 2. The topological polar surface area (TPSA) is 0 Å². The summed E-state index contributed by atoms with van der Waals surface area (Å²) in [6, 6.07) is 6.84. The average molecular weight is 309 g/mol. The predicted octanol–water partition coefficient (Wildman–Crippen LogP) is 7.23. The van der Waals surface area contributed by atoms with Crippen molar-refractivity contribution in [3.05, 3.63) is 34.9 Å². The second-order valence-corrected chi connectivity index (χ2v) is 6.64. The Morgan fingerprint density at radius 2 is 1.43 bits per heavy atom. The minimum absolute atomic E-state index is 0.192. The summed E-state index contributed by atoms with van der Waals surface area (Å²) in [5, 5.41) is 0.192. The Balaban J connectivity index is 2.33. The fourth-order valence-corrected chi connectivity index (χ4v) is 3.25. The van der Waals surface area contributed by atoms with Gasteiger partial charge < -0.3 is 0 Å². The molecule has 0 aromatic heterocycles. The molecule has 1 atom stereocenters. The van der Waals surface area contributed by atoms with Crippen LogP contribution in [0.15, 0.2) is 18.2 Å². The molecule has 0 spiro atoms. The molecule has 0 amide bonds. The molecule has 0 saturated carbocycles. The maximum Gasteiger partial charge on any atom is 0.0585 e.